The summed E-state index contributed by atoms with van der Waals surface area (Å²) >= 11 is 3.39. The van der Waals surface area contributed by atoms with Gasteiger partial charge < -0.3 is 10.2 Å². The van der Waals surface area contributed by atoms with Crippen molar-refractivity contribution in [2.75, 3.05) is 31.6 Å². The van der Waals surface area contributed by atoms with E-state index in [1.165, 1.54) is 21.6 Å². The van der Waals surface area contributed by atoms with Crippen molar-refractivity contribution in [3.8, 4) is 0 Å². The van der Waals surface area contributed by atoms with Gasteiger partial charge in [-0.25, -0.2) is 8.42 Å². The first-order valence-electron chi connectivity index (χ1n) is 10.3. The minimum absolute atomic E-state index is 0.162. The molecule has 2 aliphatic heterocycles. The molecule has 0 saturated carbocycles. The van der Waals surface area contributed by atoms with E-state index in [0.29, 0.717) is 29.7 Å². The summed E-state index contributed by atoms with van der Waals surface area (Å²) in [6, 6.07) is 10.9. The van der Waals surface area contributed by atoms with E-state index in [1.807, 2.05) is 6.07 Å². The molecule has 6 nitrogen and oxygen atoms in total. The lowest BCUT2D eigenvalue weighted by Gasteiger charge is -2.27. The van der Waals surface area contributed by atoms with Gasteiger partial charge >= 0.3 is 0 Å². The second-order valence-electron chi connectivity index (χ2n) is 7.92. The molecule has 0 radical (unpaired) electrons. The maximum Gasteiger partial charge on any atom is 0.252 e. The number of sulfonamides is 1. The van der Waals surface area contributed by atoms with Crippen molar-refractivity contribution >= 4 is 37.5 Å². The Kier molecular flexibility index (Phi) is 6.18. The number of nitrogens with zero attached hydrogens (tertiary/aromatic N) is 2. The van der Waals surface area contributed by atoms with Crippen molar-refractivity contribution in [1.82, 2.24) is 9.62 Å². The molecule has 30 heavy (non-hydrogen) atoms. The Balaban J connectivity index is 1.50. The van der Waals surface area contributed by atoms with Crippen molar-refractivity contribution in [3.05, 3.63) is 57.6 Å². The van der Waals surface area contributed by atoms with E-state index in [-0.39, 0.29) is 10.8 Å². The number of hydrogen-bond acceptors (Lipinski definition) is 4. The van der Waals surface area contributed by atoms with Crippen LogP contribution in [0.25, 0.3) is 0 Å². The van der Waals surface area contributed by atoms with Crippen LogP contribution in [0.2, 0.25) is 0 Å². The van der Waals surface area contributed by atoms with Crippen molar-refractivity contribution in [1.29, 1.82) is 0 Å². The molecular weight excluding hydrogens is 466 g/mol. The Hall–Kier alpha value is -1.90. The normalized spacial score (nSPS) is 17.1. The zero-order valence-corrected chi connectivity index (χ0v) is 19.4. The molecule has 0 aliphatic carbocycles. The third-order valence-corrected chi connectivity index (χ3v) is 8.42. The van der Waals surface area contributed by atoms with Gasteiger partial charge in [0.1, 0.15) is 0 Å². The fraction of sp³-hybridized carbons (Fsp3) is 0.409. The van der Waals surface area contributed by atoms with Crippen LogP contribution in [0.5, 0.6) is 0 Å². The monoisotopic (exact) mass is 491 g/mol. The molecule has 1 fully saturated rings. The minimum Gasteiger partial charge on any atom is -0.374 e. The van der Waals surface area contributed by atoms with Crippen LogP contribution >= 0.6 is 15.9 Å². The van der Waals surface area contributed by atoms with Crippen molar-refractivity contribution < 1.29 is 13.2 Å². The van der Waals surface area contributed by atoms with Gasteiger partial charge in [0, 0.05) is 43.4 Å². The van der Waals surface area contributed by atoms with Crippen LogP contribution in [-0.2, 0) is 23.0 Å². The lowest BCUT2D eigenvalue weighted by molar-refractivity contribution is 0.0950. The molecular formula is C22H26BrN3O3S. The van der Waals surface area contributed by atoms with Gasteiger partial charge in [-0.05, 0) is 77.0 Å². The molecule has 0 bridgehead atoms. The van der Waals surface area contributed by atoms with E-state index < -0.39 is 10.0 Å². The topological polar surface area (TPSA) is 69.7 Å². The predicted molar refractivity (Wildman–Crippen MR) is 121 cm³/mol. The highest BCUT2D eigenvalue weighted by Gasteiger charge is 2.28. The number of fused-ring (bicyclic) bond motifs is 1. The number of amides is 1. The Morgan fingerprint density at radius 3 is 2.60 bits per heavy atom. The van der Waals surface area contributed by atoms with Crippen LogP contribution in [0.4, 0.5) is 5.69 Å². The number of hydrogen-bond donors (Lipinski definition) is 1. The number of carbonyl (C=O) groups is 1. The standard InChI is InChI=1S/C22H26BrN3O3S/c1-25-10-4-5-17-13-16(6-9-21(17)25)15-24-22(27)19-14-18(7-8-20(19)23)30(28,29)26-11-2-3-12-26/h6-9,13-14H,2-5,10-12,15H2,1H3,(H,24,27). The van der Waals surface area contributed by atoms with Gasteiger partial charge in [-0.2, -0.15) is 4.31 Å². The number of halogens is 1. The van der Waals surface area contributed by atoms with Crippen LogP contribution in [-0.4, -0.2) is 45.3 Å². The molecule has 1 N–H and O–H groups in total. The summed E-state index contributed by atoms with van der Waals surface area (Å²) in [5.74, 6) is -0.296. The maximum absolute atomic E-state index is 12.8. The fourth-order valence-corrected chi connectivity index (χ4v) is 6.11. The van der Waals surface area contributed by atoms with Gasteiger partial charge in [-0.15, -0.1) is 0 Å². The first kappa shape index (κ1) is 21.3. The predicted octanol–water partition coefficient (Wildman–Crippen LogP) is 3.55. The lowest BCUT2D eigenvalue weighted by Crippen LogP contribution is -2.29. The quantitative estimate of drug-likeness (QED) is 0.694. The van der Waals surface area contributed by atoms with Crippen LogP contribution < -0.4 is 10.2 Å². The highest BCUT2D eigenvalue weighted by atomic mass is 79.9. The van der Waals surface area contributed by atoms with Gasteiger partial charge in [0.15, 0.2) is 0 Å². The van der Waals surface area contributed by atoms with E-state index >= 15 is 0 Å². The summed E-state index contributed by atoms with van der Waals surface area (Å²) in [5.41, 5.74) is 3.91. The van der Waals surface area contributed by atoms with Gasteiger partial charge in [-0.1, -0.05) is 12.1 Å². The summed E-state index contributed by atoms with van der Waals surface area (Å²) in [4.78, 5) is 15.2. The molecule has 8 heteroatoms. The third kappa shape index (κ3) is 4.26. The van der Waals surface area contributed by atoms with E-state index in [1.54, 1.807) is 12.1 Å². The Morgan fingerprint density at radius 1 is 1.07 bits per heavy atom. The van der Waals surface area contributed by atoms with Gasteiger partial charge in [0.25, 0.3) is 5.91 Å². The molecule has 1 amide bonds. The van der Waals surface area contributed by atoms with Crippen molar-refractivity contribution in [2.45, 2.75) is 37.1 Å². The molecule has 1 saturated heterocycles. The van der Waals surface area contributed by atoms with Crippen molar-refractivity contribution in [2.24, 2.45) is 0 Å². The first-order chi connectivity index (χ1) is 14.4. The molecule has 160 valence electrons. The molecule has 0 unspecified atom stereocenters. The summed E-state index contributed by atoms with van der Waals surface area (Å²) in [5, 5.41) is 2.93. The lowest BCUT2D eigenvalue weighted by atomic mass is 9.99. The Morgan fingerprint density at radius 2 is 1.83 bits per heavy atom. The second kappa shape index (κ2) is 8.69. The van der Waals surface area contributed by atoms with Crippen LogP contribution in [0.15, 0.2) is 45.8 Å². The van der Waals surface area contributed by atoms with E-state index in [0.717, 1.165) is 37.8 Å². The molecule has 4 rings (SSSR count). The average molecular weight is 492 g/mol. The molecule has 2 aromatic carbocycles. The molecule has 2 aliphatic rings. The van der Waals surface area contributed by atoms with E-state index in [2.05, 4.69) is 45.3 Å². The first-order valence-corrected chi connectivity index (χ1v) is 12.5. The molecule has 0 aromatic heterocycles. The molecule has 2 heterocycles. The number of anilines is 1. The van der Waals surface area contributed by atoms with Crippen molar-refractivity contribution in [3.63, 3.8) is 0 Å². The second-order valence-corrected chi connectivity index (χ2v) is 10.7. The Labute approximate surface area is 186 Å². The summed E-state index contributed by atoms with van der Waals surface area (Å²) in [7, 11) is -1.47. The molecule has 0 atom stereocenters. The summed E-state index contributed by atoms with van der Waals surface area (Å²) in [6.45, 7) is 2.53. The zero-order chi connectivity index (χ0) is 21.3. The Bertz CT molecular complexity index is 1070. The highest BCUT2D eigenvalue weighted by molar-refractivity contribution is 9.10. The number of rotatable bonds is 5. The smallest absolute Gasteiger partial charge is 0.252 e. The highest BCUT2D eigenvalue weighted by Crippen LogP contribution is 2.28. The zero-order valence-electron chi connectivity index (χ0n) is 17.0. The largest absolute Gasteiger partial charge is 0.374 e. The van der Waals surface area contributed by atoms with Gasteiger partial charge in [-0.3, -0.25) is 4.79 Å². The number of nitrogens with one attached hydrogen (secondary N) is 1. The van der Waals surface area contributed by atoms with E-state index in [4.69, 9.17) is 0 Å². The fourth-order valence-electron chi connectivity index (χ4n) is 4.14. The average Bonchev–Trinajstić information content (AvgIpc) is 3.28. The number of carbonyl (C=O) groups excluding carboxylic acids is 1. The van der Waals surface area contributed by atoms with Gasteiger partial charge in [0.05, 0.1) is 10.5 Å². The van der Waals surface area contributed by atoms with Gasteiger partial charge in [0.2, 0.25) is 10.0 Å². The summed E-state index contributed by atoms with van der Waals surface area (Å²) in [6.07, 6.45) is 3.92. The SMILES string of the molecule is CN1CCCc2cc(CNC(=O)c3cc(S(=O)(=O)N4CCCC4)ccc3Br)ccc21. The van der Waals surface area contributed by atoms with Crippen LogP contribution in [0.3, 0.4) is 0 Å². The van der Waals surface area contributed by atoms with E-state index in [9.17, 15) is 13.2 Å². The third-order valence-electron chi connectivity index (χ3n) is 5.83. The maximum atomic E-state index is 12.8. The molecule has 2 aromatic rings. The molecule has 0 spiro atoms. The number of aryl methyl sites for hydroxylation is 1. The van der Waals surface area contributed by atoms with Crippen LogP contribution in [0, 0.1) is 0 Å². The van der Waals surface area contributed by atoms with Crippen LogP contribution in [0.1, 0.15) is 40.7 Å². The number of benzene rings is 2. The minimum atomic E-state index is -3.57. The summed E-state index contributed by atoms with van der Waals surface area (Å²) < 4.78 is 27.7.